The van der Waals surface area contributed by atoms with E-state index < -0.39 is 5.97 Å². The van der Waals surface area contributed by atoms with Crippen LogP contribution in [0.15, 0.2) is 29.2 Å². The van der Waals surface area contributed by atoms with Gasteiger partial charge in [0.05, 0.1) is 4.91 Å². The third-order valence-corrected chi connectivity index (χ3v) is 5.58. The molecule has 1 aromatic rings. The molecule has 2 rings (SSSR count). The van der Waals surface area contributed by atoms with Gasteiger partial charge in [0.25, 0.3) is 5.91 Å². The Labute approximate surface area is 174 Å². The highest BCUT2D eigenvalue weighted by atomic mass is 32.2. The summed E-state index contributed by atoms with van der Waals surface area (Å²) in [4.78, 5) is 37.0. The molecule has 6 nitrogen and oxygen atoms in total. The summed E-state index contributed by atoms with van der Waals surface area (Å²) in [5, 5.41) is 11.4. The van der Waals surface area contributed by atoms with E-state index in [1.54, 1.807) is 0 Å². The Morgan fingerprint density at radius 1 is 1.18 bits per heavy atom. The van der Waals surface area contributed by atoms with Gasteiger partial charge < -0.3 is 10.4 Å². The van der Waals surface area contributed by atoms with E-state index in [1.165, 1.54) is 16.7 Å². The molecule has 0 spiro atoms. The number of benzene rings is 1. The van der Waals surface area contributed by atoms with Crippen LogP contribution in [0.5, 0.6) is 0 Å². The van der Waals surface area contributed by atoms with E-state index >= 15 is 0 Å². The molecule has 2 N–H and O–H groups in total. The highest BCUT2D eigenvalue weighted by Gasteiger charge is 2.31. The van der Waals surface area contributed by atoms with Crippen LogP contribution in [0, 0.1) is 6.92 Å². The topological polar surface area (TPSA) is 86.7 Å². The minimum Gasteiger partial charge on any atom is -0.481 e. The fourth-order valence-electron chi connectivity index (χ4n) is 2.61. The Morgan fingerprint density at radius 3 is 2.57 bits per heavy atom. The maximum absolute atomic E-state index is 12.6. The number of aliphatic carboxylic acids is 1. The van der Waals surface area contributed by atoms with Gasteiger partial charge in [-0.15, -0.1) is 0 Å². The van der Waals surface area contributed by atoms with Gasteiger partial charge >= 0.3 is 5.97 Å². The van der Waals surface area contributed by atoms with Crippen molar-refractivity contribution in [1.82, 2.24) is 10.2 Å². The molecule has 0 atom stereocenters. The van der Waals surface area contributed by atoms with Crippen LogP contribution in [0.2, 0.25) is 0 Å². The number of thioether (sulfide) groups is 1. The average molecular weight is 421 g/mol. The first-order valence-corrected chi connectivity index (χ1v) is 10.4. The highest BCUT2D eigenvalue weighted by Crippen LogP contribution is 2.32. The van der Waals surface area contributed by atoms with Crippen LogP contribution in [-0.4, -0.2) is 45.2 Å². The number of nitrogens with zero attached hydrogens (tertiary/aromatic N) is 1. The summed E-state index contributed by atoms with van der Waals surface area (Å²) in [6.07, 6.45) is 4.24. The van der Waals surface area contributed by atoms with E-state index in [1.807, 2.05) is 37.3 Å². The average Bonchev–Trinajstić information content (AvgIpc) is 2.91. The monoisotopic (exact) mass is 420 g/mol. The molecule has 2 amide bonds. The van der Waals surface area contributed by atoms with Crippen molar-refractivity contribution >= 4 is 52.2 Å². The zero-order valence-electron chi connectivity index (χ0n) is 15.8. The minimum atomic E-state index is -0.802. The first-order valence-electron chi connectivity index (χ1n) is 9.17. The summed E-state index contributed by atoms with van der Waals surface area (Å²) in [5.74, 6) is -1.12. The fourth-order valence-corrected chi connectivity index (χ4v) is 3.92. The number of carbonyl (C=O) groups excluding carboxylic acids is 2. The SMILES string of the molecule is Cc1ccc(/C=C2\SC(=S)N(CCC(=O)NCCCCCC(=O)O)C2=O)cc1. The number of unbranched alkanes of at least 4 members (excludes halogenated alkanes) is 2. The number of nitrogens with one attached hydrogen (secondary N) is 1. The molecular formula is C20H24N2O4S2. The molecule has 0 saturated carbocycles. The lowest BCUT2D eigenvalue weighted by Gasteiger charge is -2.14. The van der Waals surface area contributed by atoms with Crippen molar-refractivity contribution in [1.29, 1.82) is 0 Å². The summed E-state index contributed by atoms with van der Waals surface area (Å²) in [6.45, 7) is 2.76. The summed E-state index contributed by atoms with van der Waals surface area (Å²) in [6, 6.07) is 7.87. The van der Waals surface area contributed by atoms with Crippen LogP contribution >= 0.6 is 24.0 Å². The Morgan fingerprint density at radius 2 is 1.89 bits per heavy atom. The second-order valence-corrected chi connectivity index (χ2v) is 8.22. The van der Waals surface area contributed by atoms with Crippen LogP contribution in [0.4, 0.5) is 0 Å². The lowest BCUT2D eigenvalue weighted by Crippen LogP contribution is -2.33. The van der Waals surface area contributed by atoms with Crippen molar-refractivity contribution in [2.75, 3.05) is 13.1 Å². The van der Waals surface area contributed by atoms with Crippen molar-refractivity contribution < 1.29 is 19.5 Å². The van der Waals surface area contributed by atoms with Crippen LogP contribution < -0.4 is 5.32 Å². The van der Waals surface area contributed by atoms with Gasteiger partial charge in [0.2, 0.25) is 5.91 Å². The molecule has 0 unspecified atom stereocenters. The largest absolute Gasteiger partial charge is 0.481 e. The molecule has 0 radical (unpaired) electrons. The Bertz CT molecular complexity index is 775. The van der Waals surface area contributed by atoms with Crippen LogP contribution in [0.25, 0.3) is 6.08 Å². The van der Waals surface area contributed by atoms with E-state index in [9.17, 15) is 14.4 Å². The van der Waals surface area contributed by atoms with Gasteiger partial charge in [-0.3, -0.25) is 19.3 Å². The number of aryl methyl sites for hydroxylation is 1. The number of rotatable bonds is 10. The molecule has 150 valence electrons. The predicted molar refractivity (Wildman–Crippen MR) is 115 cm³/mol. The first-order chi connectivity index (χ1) is 13.4. The number of amides is 2. The normalized spacial score (nSPS) is 15.3. The molecule has 0 bridgehead atoms. The number of hydrogen-bond acceptors (Lipinski definition) is 5. The van der Waals surface area contributed by atoms with Crippen LogP contribution in [0.3, 0.4) is 0 Å². The van der Waals surface area contributed by atoms with Crippen LogP contribution in [-0.2, 0) is 14.4 Å². The molecule has 8 heteroatoms. The maximum Gasteiger partial charge on any atom is 0.303 e. The number of thiocarbonyl (C=S) groups is 1. The summed E-state index contributed by atoms with van der Waals surface area (Å²) in [7, 11) is 0. The van der Waals surface area contributed by atoms with Gasteiger partial charge in [0.15, 0.2) is 0 Å². The zero-order chi connectivity index (χ0) is 20.5. The van der Waals surface area contributed by atoms with Crippen molar-refractivity contribution in [3.05, 3.63) is 40.3 Å². The molecule has 0 aliphatic carbocycles. The lowest BCUT2D eigenvalue weighted by atomic mass is 10.1. The fraction of sp³-hybridized carbons (Fsp3) is 0.400. The molecule has 28 heavy (non-hydrogen) atoms. The number of hydrogen-bond donors (Lipinski definition) is 2. The van der Waals surface area contributed by atoms with E-state index in [4.69, 9.17) is 17.3 Å². The third kappa shape index (κ3) is 7.09. The Kier molecular flexibility index (Phi) is 8.66. The van der Waals surface area contributed by atoms with Gasteiger partial charge in [-0.05, 0) is 31.4 Å². The number of carboxylic acids is 1. The summed E-state index contributed by atoms with van der Waals surface area (Å²) < 4.78 is 0.463. The van der Waals surface area contributed by atoms with Gasteiger partial charge in [0.1, 0.15) is 4.32 Å². The molecule has 1 aliphatic heterocycles. The smallest absolute Gasteiger partial charge is 0.303 e. The quantitative estimate of drug-likeness (QED) is 0.343. The van der Waals surface area contributed by atoms with Gasteiger partial charge in [0, 0.05) is 25.9 Å². The number of carbonyl (C=O) groups is 3. The minimum absolute atomic E-state index is 0.144. The third-order valence-electron chi connectivity index (χ3n) is 4.20. The van der Waals surface area contributed by atoms with E-state index in [0.29, 0.717) is 22.2 Å². The molecule has 1 saturated heterocycles. The summed E-state index contributed by atoms with van der Waals surface area (Å²) in [5.41, 5.74) is 2.09. The predicted octanol–water partition coefficient (Wildman–Crippen LogP) is 3.35. The molecule has 0 aromatic heterocycles. The second kappa shape index (κ2) is 11.0. The van der Waals surface area contributed by atoms with Crippen LogP contribution in [0.1, 0.15) is 43.2 Å². The molecular weight excluding hydrogens is 396 g/mol. The van der Waals surface area contributed by atoms with Crippen molar-refractivity contribution in [2.24, 2.45) is 0 Å². The standard InChI is InChI=1S/C20H24N2O4S2/c1-14-6-8-15(9-7-14)13-16-19(26)22(20(27)28-16)12-10-17(23)21-11-4-2-3-5-18(24)25/h6-9,13H,2-5,10-12H2,1H3,(H,21,23)(H,24,25)/b16-13-. The Balaban J connectivity index is 1.75. The van der Waals surface area contributed by atoms with Crippen molar-refractivity contribution in [2.45, 2.75) is 39.0 Å². The number of carboxylic acid groups (broad SMARTS) is 1. The first kappa shape index (κ1) is 22.1. The van der Waals surface area contributed by atoms with E-state index in [-0.39, 0.29) is 31.2 Å². The molecule has 1 fully saturated rings. The Hall–Kier alpha value is -2.19. The van der Waals surface area contributed by atoms with Gasteiger partial charge in [-0.1, -0.05) is 60.2 Å². The molecule has 1 aliphatic rings. The molecule has 1 aromatic carbocycles. The van der Waals surface area contributed by atoms with Crippen molar-refractivity contribution in [3.8, 4) is 0 Å². The lowest BCUT2D eigenvalue weighted by molar-refractivity contribution is -0.137. The van der Waals surface area contributed by atoms with E-state index in [0.717, 1.165) is 24.0 Å². The highest BCUT2D eigenvalue weighted by molar-refractivity contribution is 8.26. The van der Waals surface area contributed by atoms with Crippen molar-refractivity contribution in [3.63, 3.8) is 0 Å². The zero-order valence-corrected chi connectivity index (χ0v) is 17.4. The molecule has 1 heterocycles. The maximum atomic E-state index is 12.6. The summed E-state index contributed by atoms with van der Waals surface area (Å²) >= 11 is 6.54. The van der Waals surface area contributed by atoms with Gasteiger partial charge in [-0.25, -0.2) is 0 Å². The van der Waals surface area contributed by atoms with E-state index in [2.05, 4.69) is 5.32 Å². The second-order valence-electron chi connectivity index (χ2n) is 6.55. The van der Waals surface area contributed by atoms with Gasteiger partial charge in [-0.2, -0.15) is 0 Å².